The molecule has 3 rings (SSSR count). The predicted molar refractivity (Wildman–Crippen MR) is 88.8 cm³/mol. The number of nitrogens with one attached hydrogen (secondary N) is 1. The Balaban J connectivity index is 1.40. The highest BCUT2D eigenvalue weighted by Gasteiger charge is 2.43. The van der Waals surface area contributed by atoms with Gasteiger partial charge in [0.1, 0.15) is 6.61 Å². The molecule has 2 aromatic carbocycles. The molecule has 0 aromatic heterocycles. The Labute approximate surface area is 148 Å². The van der Waals surface area contributed by atoms with Crippen molar-refractivity contribution in [1.29, 1.82) is 0 Å². The quantitative estimate of drug-likeness (QED) is 0.668. The molecular weight excluding hydrogens is 344 g/mol. The molecule has 1 N–H and O–H groups in total. The molecule has 0 bridgehead atoms. The molecule has 1 aliphatic rings. The number of carbonyl (C=O) groups is 1. The molecule has 0 atom stereocenters. The Hall–Kier alpha value is -3.27. The van der Waals surface area contributed by atoms with Crippen LogP contribution in [-0.2, 0) is 11.3 Å². The largest absolute Gasteiger partial charge is 0.586 e. The van der Waals surface area contributed by atoms with E-state index in [1.54, 1.807) is 6.07 Å². The Kier molecular flexibility index (Phi) is 5.23. The zero-order valence-electron chi connectivity index (χ0n) is 13.6. The lowest BCUT2D eigenvalue weighted by Crippen LogP contribution is -2.25. The van der Waals surface area contributed by atoms with Crippen molar-refractivity contribution >= 4 is 6.09 Å². The van der Waals surface area contributed by atoms with E-state index in [1.165, 1.54) is 12.1 Å². The van der Waals surface area contributed by atoms with Gasteiger partial charge < -0.3 is 19.5 Å². The van der Waals surface area contributed by atoms with Gasteiger partial charge in [0, 0.05) is 24.6 Å². The normalized spacial score (nSPS) is 13.5. The molecule has 0 radical (unpaired) electrons. The SMILES string of the molecule is O=C(NCCC#Cc1ccc2c(c1)OC(F)(F)O2)OCc1ccccc1. The minimum atomic E-state index is -3.64. The second kappa shape index (κ2) is 7.74. The number of halogens is 2. The lowest BCUT2D eigenvalue weighted by atomic mass is 10.2. The van der Waals surface area contributed by atoms with Gasteiger partial charge in [-0.25, -0.2) is 4.79 Å². The van der Waals surface area contributed by atoms with Crippen LogP contribution < -0.4 is 14.8 Å². The molecule has 1 amide bonds. The average Bonchev–Trinajstić information content (AvgIpc) is 2.93. The fourth-order valence-electron chi connectivity index (χ4n) is 2.19. The molecule has 0 spiro atoms. The fraction of sp³-hybridized carbons (Fsp3) is 0.211. The standard InChI is InChI=1S/C19H15F2NO4/c20-19(21)25-16-10-9-14(12-17(16)26-19)6-4-5-11-22-18(23)24-13-15-7-2-1-3-8-15/h1-3,7-10,12H,5,11,13H2,(H,22,23). The van der Waals surface area contributed by atoms with E-state index in [0.717, 1.165) is 5.56 Å². The maximum absolute atomic E-state index is 12.9. The molecular formula is C19H15F2NO4. The van der Waals surface area contributed by atoms with Crippen molar-refractivity contribution in [3.63, 3.8) is 0 Å². The molecule has 5 nitrogen and oxygen atoms in total. The molecule has 0 saturated carbocycles. The molecule has 2 aromatic rings. The van der Waals surface area contributed by atoms with Crippen LogP contribution in [0, 0.1) is 11.8 Å². The van der Waals surface area contributed by atoms with Gasteiger partial charge in [0.25, 0.3) is 0 Å². The van der Waals surface area contributed by atoms with Crippen molar-refractivity contribution in [3.05, 3.63) is 59.7 Å². The van der Waals surface area contributed by atoms with Crippen LogP contribution in [0.1, 0.15) is 17.5 Å². The zero-order chi connectivity index (χ0) is 18.4. The first-order valence-electron chi connectivity index (χ1n) is 7.85. The molecule has 26 heavy (non-hydrogen) atoms. The van der Waals surface area contributed by atoms with E-state index >= 15 is 0 Å². The van der Waals surface area contributed by atoms with E-state index < -0.39 is 12.4 Å². The lowest BCUT2D eigenvalue weighted by Gasteiger charge is -2.05. The molecule has 0 aliphatic carbocycles. The summed E-state index contributed by atoms with van der Waals surface area (Å²) < 4.78 is 39.6. The monoisotopic (exact) mass is 359 g/mol. The lowest BCUT2D eigenvalue weighted by molar-refractivity contribution is -0.286. The van der Waals surface area contributed by atoms with Crippen molar-refractivity contribution in [2.24, 2.45) is 0 Å². The summed E-state index contributed by atoms with van der Waals surface area (Å²) in [6, 6.07) is 13.6. The highest BCUT2D eigenvalue weighted by molar-refractivity contribution is 5.67. The van der Waals surface area contributed by atoms with E-state index in [2.05, 4.69) is 26.6 Å². The first kappa shape index (κ1) is 17.5. The van der Waals surface area contributed by atoms with Gasteiger partial charge in [-0.15, -0.1) is 8.78 Å². The summed E-state index contributed by atoms with van der Waals surface area (Å²) in [7, 11) is 0. The third kappa shape index (κ3) is 4.86. The summed E-state index contributed by atoms with van der Waals surface area (Å²) in [5.41, 5.74) is 1.41. The van der Waals surface area contributed by atoms with Crippen LogP contribution >= 0.6 is 0 Å². The number of benzene rings is 2. The Morgan fingerprint density at radius 1 is 1.12 bits per heavy atom. The number of amides is 1. The third-order valence-corrected chi connectivity index (χ3v) is 3.37. The average molecular weight is 359 g/mol. The molecule has 1 heterocycles. The summed E-state index contributed by atoms with van der Waals surface area (Å²) in [4.78, 5) is 11.6. The predicted octanol–water partition coefficient (Wildman–Crippen LogP) is 3.68. The molecule has 7 heteroatoms. The number of hydrogen-bond acceptors (Lipinski definition) is 4. The summed E-state index contributed by atoms with van der Waals surface area (Å²) in [6.07, 6.45) is -3.79. The number of ether oxygens (including phenoxy) is 3. The summed E-state index contributed by atoms with van der Waals surface area (Å²) in [5, 5.41) is 2.58. The summed E-state index contributed by atoms with van der Waals surface area (Å²) in [5.74, 6) is 5.57. The van der Waals surface area contributed by atoms with Crippen molar-refractivity contribution in [2.75, 3.05) is 6.54 Å². The highest BCUT2D eigenvalue weighted by atomic mass is 19.3. The van der Waals surface area contributed by atoms with E-state index in [4.69, 9.17) is 4.74 Å². The Bertz CT molecular complexity index is 844. The zero-order valence-corrected chi connectivity index (χ0v) is 13.6. The van der Waals surface area contributed by atoms with E-state index in [-0.39, 0.29) is 18.1 Å². The van der Waals surface area contributed by atoms with E-state index in [9.17, 15) is 13.6 Å². The van der Waals surface area contributed by atoms with Crippen molar-refractivity contribution in [3.8, 4) is 23.3 Å². The van der Waals surface area contributed by atoms with Gasteiger partial charge in [0.05, 0.1) is 0 Å². The number of carbonyl (C=O) groups excluding carboxylic acids is 1. The van der Waals surface area contributed by atoms with Crippen LogP contribution in [0.3, 0.4) is 0 Å². The molecule has 0 fully saturated rings. The van der Waals surface area contributed by atoms with Crippen LogP contribution in [0.25, 0.3) is 0 Å². The number of alkyl carbamates (subject to hydrolysis) is 1. The Morgan fingerprint density at radius 2 is 1.88 bits per heavy atom. The smallest absolute Gasteiger partial charge is 0.445 e. The molecule has 134 valence electrons. The number of rotatable bonds is 4. The van der Waals surface area contributed by atoms with Gasteiger partial charge in [-0.3, -0.25) is 0 Å². The van der Waals surface area contributed by atoms with E-state index in [1.807, 2.05) is 30.3 Å². The Morgan fingerprint density at radius 3 is 2.69 bits per heavy atom. The van der Waals surface area contributed by atoms with Gasteiger partial charge in [0.2, 0.25) is 0 Å². The highest BCUT2D eigenvalue weighted by Crippen LogP contribution is 2.40. The third-order valence-electron chi connectivity index (χ3n) is 3.37. The summed E-state index contributed by atoms with van der Waals surface area (Å²) >= 11 is 0. The minimum absolute atomic E-state index is 0.0246. The number of fused-ring (bicyclic) bond motifs is 1. The van der Waals surface area contributed by atoms with Crippen LogP contribution in [0.2, 0.25) is 0 Å². The molecule has 0 saturated heterocycles. The molecule has 1 aliphatic heterocycles. The first-order valence-corrected chi connectivity index (χ1v) is 7.85. The van der Waals surface area contributed by atoms with Crippen LogP contribution in [0.5, 0.6) is 11.5 Å². The summed E-state index contributed by atoms with van der Waals surface area (Å²) in [6.45, 7) is 0.503. The number of alkyl halides is 2. The topological polar surface area (TPSA) is 56.8 Å². The minimum Gasteiger partial charge on any atom is -0.445 e. The second-order valence-electron chi connectivity index (χ2n) is 5.37. The van der Waals surface area contributed by atoms with Crippen LogP contribution in [0.15, 0.2) is 48.5 Å². The fourth-order valence-corrected chi connectivity index (χ4v) is 2.19. The van der Waals surface area contributed by atoms with Crippen LogP contribution in [0.4, 0.5) is 13.6 Å². The van der Waals surface area contributed by atoms with Gasteiger partial charge in [0.15, 0.2) is 11.5 Å². The van der Waals surface area contributed by atoms with E-state index in [0.29, 0.717) is 18.5 Å². The maximum atomic E-state index is 12.9. The number of hydrogen-bond donors (Lipinski definition) is 1. The van der Waals surface area contributed by atoms with Gasteiger partial charge in [-0.2, -0.15) is 0 Å². The second-order valence-corrected chi connectivity index (χ2v) is 5.37. The first-order chi connectivity index (χ1) is 12.5. The van der Waals surface area contributed by atoms with Crippen molar-refractivity contribution < 1.29 is 27.8 Å². The van der Waals surface area contributed by atoms with Crippen molar-refractivity contribution in [2.45, 2.75) is 19.3 Å². The molecule has 0 unspecified atom stereocenters. The van der Waals surface area contributed by atoms with Gasteiger partial charge in [-0.05, 0) is 17.7 Å². The van der Waals surface area contributed by atoms with Gasteiger partial charge in [-0.1, -0.05) is 42.2 Å². The van der Waals surface area contributed by atoms with Crippen LogP contribution in [-0.4, -0.2) is 18.9 Å². The maximum Gasteiger partial charge on any atom is 0.586 e. The van der Waals surface area contributed by atoms with Gasteiger partial charge >= 0.3 is 12.4 Å². The van der Waals surface area contributed by atoms with Crippen molar-refractivity contribution in [1.82, 2.24) is 5.32 Å².